The molecule has 1 N–H and O–H groups in total. The van der Waals surface area contributed by atoms with Gasteiger partial charge in [-0.1, -0.05) is 32.4 Å². The topological polar surface area (TPSA) is 74.7 Å². The normalized spacial score (nSPS) is 11.8. The first-order chi connectivity index (χ1) is 9.40. The number of unbranched alkanes of at least 4 members (excludes halogenated alkanes) is 1. The molecule has 0 amide bonds. The molecule has 20 heavy (non-hydrogen) atoms. The quantitative estimate of drug-likeness (QED) is 0.799. The maximum absolute atomic E-state index is 12.3. The summed E-state index contributed by atoms with van der Waals surface area (Å²) in [7, 11) is -3.34. The van der Waals surface area contributed by atoms with Crippen molar-refractivity contribution in [2.24, 2.45) is 0 Å². The number of hydrogen-bond acceptors (Lipinski definition) is 3. The average Bonchev–Trinajstić information content (AvgIpc) is 2.39. The van der Waals surface area contributed by atoms with Crippen LogP contribution in [0.15, 0.2) is 24.3 Å². The van der Waals surface area contributed by atoms with E-state index >= 15 is 0 Å². The van der Waals surface area contributed by atoms with Crippen LogP contribution in [0, 0.1) is 0 Å². The van der Waals surface area contributed by atoms with Crippen molar-refractivity contribution in [3.8, 4) is 0 Å². The molecule has 0 aliphatic heterocycles. The second-order valence-corrected chi connectivity index (χ2v) is 6.57. The van der Waals surface area contributed by atoms with Crippen molar-refractivity contribution >= 4 is 16.0 Å². The Balaban J connectivity index is 2.81. The summed E-state index contributed by atoms with van der Waals surface area (Å²) in [5, 5.41) is 8.81. The van der Waals surface area contributed by atoms with Gasteiger partial charge in [0, 0.05) is 13.1 Å². The Morgan fingerprint density at radius 3 is 2.25 bits per heavy atom. The first kappa shape index (κ1) is 16.7. The molecule has 5 nitrogen and oxygen atoms in total. The van der Waals surface area contributed by atoms with Crippen LogP contribution in [0.2, 0.25) is 0 Å². The van der Waals surface area contributed by atoms with Crippen LogP contribution in [0.1, 0.15) is 42.6 Å². The van der Waals surface area contributed by atoms with Crippen LogP contribution in [0.3, 0.4) is 0 Å². The molecule has 0 atom stereocenters. The molecule has 0 aliphatic rings. The zero-order valence-electron chi connectivity index (χ0n) is 11.9. The zero-order valence-corrected chi connectivity index (χ0v) is 12.7. The van der Waals surface area contributed by atoms with Gasteiger partial charge in [0.1, 0.15) is 0 Å². The van der Waals surface area contributed by atoms with Gasteiger partial charge in [-0.05, 0) is 24.1 Å². The molecule has 0 bridgehead atoms. The molecule has 0 aliphatic carbocycles. The van der Waals surface area contributed by atoms with Gasteiger partial charge in [0.05, 0.1) is 11.3 Å². The minimum absolute atomic E-state index is 0.0928. The molecule has 0 radical (unpaired) electrons. The number of hydrogen-bond donors (Lipinski definition) is 1. The van der Waals surface area contributed by atoms with Gasteiger partial charge in [-0.3, -0.25) is 0 Å². The fourth-order valence-electron chi connectivity index (χ4n) is 1.87. The summed E-state index contributed by atoms with van der Waals surface area (Å²) in [6, 6.07) is 5.95. The number of carboxylic acids is 1. The maximum atomic E-state index is 12.3. The third kappa shape index (κ3) is 4.61. The lowest BCUT2D eigenvalue weighted by atomic mass is 10.1. The van der Waals surface area contributed by atoms with E-state index in [1.165, 1.54) is 16.4 Å². The largest absolute Gasteiger partial charge is 0.478 e. The smallest absolute Gasteiger partial charge is 0.335 e. The second kappa shape index (κ2) is 7.40. The summed E-state index contributed by atoms with van der Waals surface area (Å²) in [5.41, 5.74) is 0.759. The summed E-state index contributed by atoms with van der Waals surface area (Å²) >= 11 is 0. The summed E-state index contributed by atoms with van der Waals surface area (Å²) in [6.07, 6.45) is 1.78. The number of carboxylic acid groups (broad SMARTS) is 1. The fraction of sp³-hybridized carbons (Fsp3) is 0.500. The van der Waals surface area contributed by atoms with Crippen molar-refractivity contribution in [3.05, 3.63) is 35.4 Å². The van der Waals surface area contributed by atoms with Gasteiger partial charge in [-0.2, -0.15) is 0 Å². The van der Waals surface area contributed by atoms with Crippen LogP contribution < -0.4 is 0 Å². The van der Waals surface area contributed by atoms with E-state index < -0.39 is 16.0 Å². The maximum Gasteiger partial charge on any atom is 0.335 e. The van der Waals surface area contributed by atoms with Gasteiger partial charge in [-0.15, -0.1) is 0 Å². The lowest BCUT2D eigenvalue weighted by Gasteiger charge is -2.20. The van der Waals surface area contributed by atoms with Crippen LogP contribution in [0.5, 0.6) is 0 Å². The first-order valence-electron chi connectivity index (χ1n) is 6.70. The van der Waals surface area contributed by atoms with Crippen LogP contribution in [-0.4, -0.2) is 36.9 Å². The number of carbonyl (C=O) groups is 1. The van der Waals surface area contributed by atoms with Crippen molar-refractivity contribution in [1.29, 1.82) is 0 Å². The van der Waals surface area contributed by atoms with E-state index in [2.05, 4.69) is 0 Å². The standard InChI is InChI=1S/C14H21NO4S/c1-3-5-10-15(4-2)20(18,19)11-12-6-8-13(9-7-12)14(16)17/h6-9H,3-5,10-11H2,1-2H3,(H,16,17). The van der Waals surface area contributed by atoms with E-state index in [9.17, 15) is 13.2 Å². The summed E-state index contributed by atoms with van der Waals surface area (Å²) in [6.45, 7) is 4.82. The lowest BCUT2D eigenvalue weighted by Crippen LogP contribution is -2.32. The van der Waals surface area contributed by atoms with E-state index in [0.717, 1.165) is 12.8 Å². The summed E-state index contributed by atoms with van der Waals surface area (Å²) in [4.78, 5) is 10.7. The number of aromatic carboxylic acids is 1. The Morgan fingerprint density at radius 1 is 1.20 bits per heavy atom. The third-order valence-electron chi connectivity index (χ3n) is 3.06. The minimum atomic E-state index is -3.34. The second-order valence-electron chi connectivity index (χ2n) is 4.60. The fourth-order valence-corrected chi connectivity index (χ4v) is 3.47. The number of sulfonamides is 1. The molecular formula is C14H21NO4S. The number of rotatable bonds is 8. The molecule has 0 saturated heterocycles. The van der Waals surface area contributed by atoms with Gasteiger partial charge < -0.3 is 5.11 Å². The molecule has 0 spiro atoms. The molecule has 0 heterocycles. The predicted molar refractivity (Wildman–Crippen MR) is 78.2 cm³/mol. The van der Waals surface area contributed by atoms with Crippen LogP contribution in [0.4, 0.5) is 0 Å². The molecule has 1 aromatic carbocycles. The summed E-state index contributed by atoms with van der Waals surface area (Å²) < 4.78 is 26.0. The molecular weight excluding hydrogens is 278 g/mol. The highest BCUT2D eigenvalue weighted by atomic mass is 32.2. The predicted octanol–water partition coefficient (Wildman–Crippen LogP) is 2.34. The minimum Gasteiger partial charge on any atom is -0.478 e. The Kier molecular flexibility index (Phi) is 6.16. The molecule has 1 aromatic rings. The molecule has 0 fully saturated rings. The highest BCUT2D eigenvalue weighted by molar-refractivity contribution is 7.88. The van der Waals surface area contributed by atoms with E-state index in [-0.39, 0.29) is 11.3 Å². The van der Waals surface area contributed by atoms with Crippen molar-refractivity contribution in [3.63, 3.8) is 0 Å². The molecule has 112 valence electrons. The monoisotopic (exact) mass is 299 g/mol. The van der Waals surface area contributed by atoms with E-state index in [4.69, 9.17) is 5.11 Å². The van der Waals surface area contributed by atoms with Crippen LogP contribution in [-0.2, 0) is 15.8 Å². The van der Waals surface area contributed by atoms with Crippen LogP contribution in [0.25, 0.3) is 0 Å². The van der Waals surface area contributed by atoms with Crippen molar-refractivity contribution < 1.29 is 18.3 Å². The summed E-state index contributed by atoms with van der Waals surface area (Å²) in [5.74, 6) is -1.11. The van der Waals surface area contributed by atoms with Gasteiger partial charge in [-0.25, -0.2) is 17.5 Å². The lowest BCUT2D eigenvalue weighted by molar-refractivity contribution is 0.0697. The Bertz CT molecular complexity index is 537. The number of benzene rings is 1. The van der Waals surface area contributed by atoms with Gasteiger partial charge in [0.15, 0.2) is 0 Å². The highest BCUT2D eigenvalue weighted by Gasteiger charge is 2.20. The molecule has 0 unspecified atom stereocenters. The zero-order chi connectivity index (χ0) is 15.2. The Labute approximate surface area is 120 Å². The first-order valence-corrected chi connectivity index (χ1v) is 8.31. The SMILES string of the molecule is CCCCN(CC)S(=O)(=O)Cc1ccc(C(=O)O)cc1. The van der Waals surface area contributed by atoms with Crippen molar-refractivity contribution in [2.75, 3.05) is 13.1 Å². The molecule has 1 rings (SSSR count). The van der Waals surface area contributed by atoms with Gasteiger partial charge in [0.2, 0.25) is 10.0 Å². The van der Waals surface area contributed by atoms with E-state index in [1.54, 1.807) is 12.1 Å². The molecule has 0 aromatic heterocycles. The van der Waals surface area contributed by atoms with Crippen LogP contribution >= 0.6 is 0 Å². The van der Waals surface area contributed by atoms with Crippen molar-refractivity contribution in [2.45, 2.75) is 32.4 Å². The molecule has 6 heteroatoms. The van der Waals surface area contributed by atoms with Crippen molar-refractivity contribution in [1.82, 2.24) is 4.31 Å². The molecule has 0 saturated carbocycles. The van der Waals surface area contributed by atoms with E-state index in [1.807, 2.05) is 13.8 Å². The Morgan fingerprint density at radius 2 is 1.80 bits per heavy atom. The number of nitrogens with zero attached hydrogens (tertiary/aromatic N) is 1. The highest BCUT2D eigenvalue weighted by Crippen LogP contribution is 2.13. The average molecular weight is 299 g/mol. The van der Waals surface area contributed by atoms with E-state index in [0.29, 0.717) is 18.7 Å². The van der Waals surface area contributed by atoms with Gasteiger partial charge in [0.25, 0.3) is 0 Å². The Hall–Kier alpha value is -1.40. The van der Waals surface area contributed by atoms with Gasteiger partial charge >= 0.3 is 5.97 Å². The third-order valence-corrected chi connectivity index (χ3v) is 4.98.